The van der Waals surface area contributed by atoms with E-state index in [4.69, 9.17) is 25.2 Å². The average molecular weight is 575 g/mol. The Morgan fingerprint density at radius 2 is 1.81 bits per heavy atom. The van der Waals surface area contributed by atoms with Gasteiger partial charge in [0.1, 0.15) is 22.6 Å². The zero-order valence-electron chi connectivity index (χ0n) is 25.4. The van der Waals surface area contributed by atoms with E-state index in [2.05, 4.69) is 57.2 Å². The number of nitrogens with zero attached hydrogens (tertiary/aromatic N) is 6. The SMILES string of the molecule is CCc1nc2c(N)ncc(-c3ccc(N4CCC(N5CCCN(C)CC5)CC4)c(OC)c3)c2nc1NC1CCOCC1. The van der Waals surface area contributed by atoms with Gasteiger partial charge in [-0.25, -0.2) is 15.0 Å². The molecule has 10 nitrogen and oxygen atoms in total. The number of aryl methyl sites for hydroxylation is 1. The smallest absolute Gasteiger partial charge is 0.151 e. The van der Waals surface area contributed by atoms with Gasteiger partial charge in [-0.3, -0.25) is 4.90 Å². The summed E-state index contributed by atoms with van der Waals surface area (Å²) in [4.78, 5) is 22.2. The normalized spacial score (nSPS) is 20.1. The van der Waals surface area contributed by atoms with E-state index < -0.39 is 0 Å². The molecule has 6 rings (SSSR count). The molecule has 226 valence electrons. The quantitative estimate of drug-likeness (QED) is 0.430. The summed E-state index contributed by atoms with van der Waals surface area (Å²) in [6.07, 6.45) is 8.11. The zero-order valence-corrected chi connectivity index (χ0v) is 25.4. The second kappa shape index (κ2) is 13.0. The van der Waals surface area contributed by atoms with Gasteiger partial charge < -0.3 is 30.3 Å². The van der Waals surface area contributed by atoms with Crippen LogP contribution in [0.5, 0.6) is 5.75 Å². The van der Waals surface area contributed by atoms with Gasteiger partial charge in [-0.2, -0.15) is 0 Å². The molecule has 0 unspecified atom stereocenters. The minimum atomic E-state index is 0.322. The first kappa shape index (κ1) is 28.9. The van der Waals surface area contributed by atoms with E-state index in [0.29, 0.717) is 23.4 Å². The summed E-state index contributed by atoms with van der Waals surface area (Å²) in [5, 5.41) is 3.65. The minimum absolute atomic E-state index is 0.322. The highest BCUT2D eigenvalue weighted by Crippen LogP contribution is 2.38. The van der Waals surface area contributed by atoms with Gasteiger partial charge in [-0.1, -0.05) is 13.0 Å². The van der Waals surface area contributed by atoms with Crippen LogP contribution in [0.4, 0.5) is 17.3 Å². The Morgan fingerprint density at radius 3 is 2.57 bits per heavy atom. The number of aromatic nitrogens is 3. The van der Waals surface area contributed by atoms with Gasteiger partial charge in [-0.05, 0) is 76.4 Å². The van der Waals surface area contributed by atoms with Crippen molar-refractivity contribution in [3.8, 4) is 16.9 Å². The van der Waals surface area contributed by atoms with E-state index in [9.17, 15) is 0 Å². The van der Waals surface area contributed by atoms with E-state index in [1.54, 1.807) is 7.11 Å². The number of rotatable bonds is 7. The van der Waals surface area contributed by atoms with Crippen LogP contribution in [0.1, 0.15) is 44.7 Å². The summed E-state index contributed by atoms with van der Waals surface area (Å²) < 4.78 is 11.5. The summed E-state index contributed by atoms with van der Waals surface area (Å²) >= 11 is 0. The van der Waals surface area contributed by atoms with E-state index in [1.165, 1.54) is 45.4 Å². The lowest BCUT2D eigenvalue weighted by Crippen LogP contribution is -2.46. The van der Waals surface area contributed by atoms with Crippen molar-refractivity contribution in [2.45, 2.75) is 57.5 Å². The lowest BCUT2D eigenvalue weighted by molar-refractivity contribution is 0.0903. The number of likely N-dealkylation sites (N-methyl/N-ethyl adjacent to an activating group) is 1. The Hall–Kier alpha value is -3.21. The maximum atomic E-state index is 6.33. The van der Waals surface area contributed by atoms with Crippen LogP contribution in [0.3, 0.4) is 0 Å². The van der Waals surface area contributed by atoms with Crippen LogP contribution >= 0.6 is 0 Å². The van der Waals surface area contributed by atoms with Crippen molar-refractivity contribution in [3.05, 3.63) is 30.1 Å². The predicted octanol–water partition coefficient (Wildman–Crippen LogP) is 4.04. The number of nitrogens with two attached hydrogens (primary N) is 1. The molecule has 0 amide bonds. The number of benzene rings is 1. The number of fused-ring (bicyclic) bond motifs is 1. The molecule has 3 aliphatic heterocycles. The molecule has 2 aromatic heterocycles. The summed E-state index contributed by atoms with van der Waals surface area (Å²) in [5.74, 6) is 2.09. The minimum Gasteiger partial charge on any atom is -0.495 e. The molecule has 3 N–H and O–H groups in total. The second-order valence-electron chi connectivity index (χ2n) is 12.0. The van der Waals surface area contributed by atoms with Crippen LogP contribution in [-0.4, -0.2) is 103 Å². The van der Waals surface area contributed by atoms with Crippen molar-refractivity contribution in [1.29, 1.82) is 0 Å². The molecule has 3 fully saturated rings. The average Bonchev–Trinajstić information content (AvgIpc) is 3.25. The molecule has 0 bridgehead atoms. The number of anilines is 3. The summed E-state index contributed by atoms with van der Waals surface area (Å²) in [5.41, 5.74) is 11.7. The lowest BCUT2D eigenvalue weighted by atomic mass is 10.0. The zero-order chi connectivity index (χ0) is 29.1. The molecule has 0 aliphatic carbocycles. The maximum Gasteiger partial charge on any atom is 0.151 e. The Morgan fingerprint density at radius 1 is 1.00 bits per heavy atom. The molecule has 42 heavy (non-hydrogen) atoms. The molecule has 3 aliphatic rings. The molecular formula is C32H46N8O2. The molecule has 1 aromatic carbocycles. The van der Waals surface area contributed by atoms with Gasteiger partial charge in [0, 0.05) is 63.2 Å². The Balaban J connectivity index is 1.25. The van der Waals surface area contributed by atoms with Gasteiger partial charge in [0.2, 0.25) is 0 Å². The molecule has 5 heterocycles. The number of nitrogens with one attached hydrogen (secondary N) is 1. The largest absolute Gasteiger partial charge is 0.495 e. The first-order valence-corrected chi connectivity index (χ1v) is 15.7. The highest BCUT2D eigenvalue weighted by Gasteiger charge is 2.27. The highest BCUT2D eigenvalue weighted by atomic mass is 16.5. The number of hydrogen-bond donors (Lipinski definition) is 2. The standard InChI is InChI=1S/C32H46N8O2/c1-4-26-32(35-23-10-18-42-19-11-23)37-29-25(21-34-31(33)30(29)36-26)22-6-7-27(28(20-22)41-3)40-14-8-24(9-15-40)39-13-5-12-38(2)16-17-39/h6-7,20-21,23-24H,4-5,8-19H2,1-3H3,(H2,33,34)(H,35,37). The highest BCUT2D eigenvalue weighted by molar-refractivity contribution is 5.97. The predicted molar refractivity (Wildman–Crippen MR) is 169 cm³/mol. The van der Waals surface area contributed by atoms with Crippen molar-refractivity contribution < 1.29 is 9.47 Å². The summed E-state index contributed by atoms with van der Waals surface area (Å²) in [6, 6.07) is 7.44. The van der Waals surface area contributed by atoms with Crippen LogP contribution in [0, 0.1) is 0 Å². The first-order valence-electron chi connectivity index (χ1n) is 15.7. The van der Waals surface area contributed by atoms with E-state index in [0.717, 1.165) is 85.2 Å². The Bertz CT molecular complexity index is 1370. The number of ether oxygens (including phenoxy) is 2. The number of nitrogen functional groups attached to an aromatic ring is 1. The Labute approximate surface area is 249 Å². The lowest BCUT2D eigenvalue weighted by Gasteiger charge is -2.39. The van der Waals surface area contributed by atoms with Crippen molar-refractivity contribution in [2.75, 3.05) is 82.6 Å². The number of pyridine rings is 1. The first-order chi connectivity index (χ1) is 20.5. The van der Waals surface area contributed by atoms with Gasteiger partial charge in [0.15, 0.2) is 5.82 Å². The topological polar surface area (TPSA) is 105 Å². The molecule has 0 atom stereocenters. The summed E-state index contributed by atoms with van der Waals surface area (Å²) in [7, 11) is 4.00. The van der Waals surface area contributed by atoms with Crippen molar-refractivity contribution in [3.63, 3.8) is 0 Å². The van der Waals surface area contributed by atoms with Gasteiger partial charge in [0.05, 0.1) is 18.5 Å². The second-order valence-corrected chi connectivity index (χ2v) is 12.0. The van der Waals surface area contributed by atoms with E-state index >= 15 is 0 Å². The third-order valence-electron chi connectivity index (χ3n) is 9.26. The fourth-order valence-corrected chi connectivity index (χ4v) is 6.71. The van der Waals surface area contributed by atoms with E-state index in [-0.39, 0.29) is 0 Å². The molecule has 3 aromatic rings. The van der Waals surface area contributed by atoms with Crippen molar-refractivity contribution >= 4 is 28.4 Å². The van der Waals surface area contributed by atoms with Crippen LogP contribution in [0.2, 0.25) is 0 Å². The van der Waals surface area contributed by atoms with E-state index in [1.807, 2.05) is 6.20 Å². The number of methoxy groups -OCH3 is 1. The van der Waals surface area contributed by atoms with Gasteiger partial charge in [-0.15, -0.1) is 0 Å². The van der Waals surface area contributed by atoms with Crippen molar-refractivity contribution in [2.24, 2.45) is 0 Å². The third kappa shape index (κ3) is 6.11. The molecule has 10 heteroatoms. The molecular weight excluding hydrogens is 528 g/mol. The van der Waals surface area contributed by atoms with Gasteiger partial charge in [0.25, 0.3) is 0 Å². The fourth-order valence-electron chi connectivity index (χ4n) is 6.71. The van der Waals surface area contributed by atoms with Crippen molar-refractivity contribution in [1.82, 2.24) is 24.8 Å². The van der Waals surface area contributed by atoms with Gasteiger partial charge >= 0.3 is 0 Å². The monoisotopic (exact) mass is 574 g/mol. The van der Waals surface area contributed by atoms with Crippen LogP contribution in [-0.2, 0) is 11.2 Å². The molecule has 0 spiro atoms. The number of hydrogen-bond acceptors (Lipinski definition) is 10. The maximum absolute atomic E-state index is 6.33. The molecule has 3 saturated heterocycles. The molecule has 0 saturated carbocycles. The van der Waals surface area contributed by atoms with Crippen LogP contribution < -0.4 is 20.7 Å². The molecule has 0 radical (unpaired) electrons. The Kier molecular flexibility index (Phi) is 8.92. The third-order valence-corrected chi connectivity index (χ3v) is 9.26. The van der Waals surface area contributed by atoms with Crippen LogP contribution in [0.25, 0.3) is 22.2 Å². The fraction of sp³-hybridized carbons (Fsp3) is 0.594. The van der Waals surface area contributed by atoms with Crippen LogP contribution in [0.15, 0.2) is 24.4 Å². The summed E-state index contributed by atoms with van der Waals surface area (Å²) in [6.45, 7) is 10.5. The number of piperidine rings is 1.